The number of rotatable bonds is 9. The molecule has 50 heavy (non-hydrogen) atoms. The van der Waals surface area contributed by atoms with Gasteiger partial charge < -0.3 is 35.3 Å². The van der Waals surface area contributed by atoms with E-state index in [-0.39, 0.29) is 24.4 Å². The van der Waals surface area contributed by atoms with E-state index in [2.05, 4.69) is 106 Å². The normalized spacial score (nSPS) is 22.3. The van der Waals surface area contributed by atoms with E-state index < -0.39 is 10.5 Å². The Balaban J connectivity index is 0. The fourth-order valence-electron chi connectivity index (χ4n) is 5.91. The van der Waals surface area contributed by atoms with Gasteiger partial charge in [0.15, 0.2) is 0 Å². The van der Waals surface area contributed by atoms with E-state index in [0.717, 1.165) is 42.4 Å². The number of hydrogen-bond donors (Lipinski definition) is 4. The lowest BCUT2D eigenvalue weighted by molar-refractivity contribution is 0.123. The van der Waals surface area contributed by atoms with Crippen molar-refractivity contribution in [2.45, 2.75) is 100 Å². The molecule has 1 unspecified atom stereocenters. The second-order valence-electron chi connectivity index (χ2n) is 14.0. The molecule has 2 atom stereocenters. The van der Waals surface area contributed by atoms with Gasteiger partial charge >= 0.3 is 0 Å². The fraction of sp³-hybridized carbons (Fsp3) is 0.615. The average molecular weight is 719 g/mol. The van der Waals surface area contributed by atoms with Crippen molar-refractivity contribution in [1.29, 1.82) is 0 Å². The minimum atomic E-state index is -1.99. The van der Waals surface area contributed by atoms with Crippen LogP contribution in [0.3, 0.4) is 0 Å². The number of allylic oxidation sites excluding steroid dienone is 3. The van der Waals surface area contributed by atoms with E-state index in [4.69, 9.17) is 19.7 Å². The lowest BCUT2D eigenvalue weighted by atomic mass is 9.77. The molecule has 2 aromatic heterocycles. The first-order valence-corrected chi connectivity index (χ1v) is 20.4. The van der Waals surface area contributed by atoms with Crippen molar-refractivity contribution in [1.82, 2.24) is 26.0 Å². The molecule has 0 radical (unpaired) electrons. The quantitative estimate of drug-likeness (QED) is 0.198. The van der Waals surface area contributed by atoms with Crippen LogP contribution in [-0.2, 0) is 10.2 Å². The van der Waals surface area contributed by atoms with E-state index in [1.54, 1.807) is 19.6 Å². The van der Waals surface area contributed by atoms with Crippen LogP contribution < -0.4 is 21.1 Å². The molecule has 0 spiro atoms. The molecule has 6 N–H and O–H groups in total. The van der Waals surface area contributed by atoms with Gasteiger partial charge in [0, 0.05) is 63.1 Å². The SMILES string of the molecule is CC.CC.CCC.COCC1(C)c2cnc(NC3=C/C=C/C(C)(C)CN(C)C\C=C\3)nc2N(c2cccc(NS(C)(C)O)n2)[C@@H]1CC(C)C.N.[HH]. The number of ether oxygens (including phenoxy) is 1. The second kappa shape index (κ2) is 22.1. The highest BCUT2D eigenvalue weighted by molar-refractivity contribution is 8.29. The molecule has 0 saturated heterocycles. The molecule has 0 aromatic carbocycles. The maximum absolute atomic E-state index is 10.5. The minimum absolute atomic E-state index is 0. The Labute approximate surface area is 309 Å². The standard InChI is InChI=1S/C32H49N7O2S.C3H8.2C2H6.H3N.H2/c1-23(2)19-26-32(5,22-41-7)25-20-33-30(34-24-13-11-17-31(3,4)21-38(6)18-12-14-24)36-29(25)39(26)28-16-10-15-27(35-28)37-42(8,9)40;1-3-2;2*1-2;;/h10-17,20,23,26,40H,18-19,21-22H2,1-9H3,(H,35,37)(H,33,34,36);3H2,1-2H3;2*1-2H3;1H3;1H/b14-12+,17-11+,24-13+;;;;;/t26-,32?;;;;;/m1...../s1. The molecule has 0 fully saturated rings. The van der Waals surface area contributed by atoms with Crippen LogP contribution in [0, 0.1) is 11.3 Å². The van der Waals surface area contributed by atoms with Crippen LogP contribution in [0.5, 0.6) is 0 Å². The first-order chi connectivity index (χ1) is 23.1. The number of anilines is 4. The van der Waals surface area contributed by atoms with Crippen molar-refractivity contribution >= 4 is 33.9 Å². The van der Waals surface area contributed by atoms with Crippen LogP contribution >= 0.6 is 10.5 Å². The molecular formula is C39H74N8O2S. The lowest BCUT2D eigenvalue weighted by Gasteiger charge is -2.37. The Morgan fingerprint density at radius 2 is 1.74 bits per heavy atom. The molecule has 0 amide bonds. The van der Waals surface area contributed by atoms with Gasteiger partial charge in [-0.25, -0.2) is 9.97 Å². The molecule has 4 rings (SSSR count). The summed E-state index contributed by atoms with van der Waals surface area (Å²) in [7, 11) is 1.89. The zero-order chi connectivity index (χ0) is 37.4. The van der Waals surface area contributed by atoms with Gasteiger partial charge in [-0.15, -0.1) is 0 Å². The van der Waals surface area contributed by atoms with Crippen molar-refractivity contribution in [2.24, 2.45) is 11.3 Å². The van der Waals surface area contributed by atoms with Crippen LogP contribution in [0.2, 0.25) is 0 Å². The van der Waals surface area contributed by atoms with Gasteiger partial charge in [0.05, 0.1) is 6.61 Å². The highest BCUT2D eigenvalue weighted by Gasteiger charge is 2.50. The summed E-state index contributed by atoms with van der Waals surface area (Å²) in [5, 5.41) is 3.46. The Bertz CT molecular complexity index is 1360. The van der Waals surface area contributed by atoms with E-state index in [1.807, 2.05) is 52.1 Å². The number of aromatic nitrogens is 3. The molecule has 0 bridgehead atoms. The van der Waals surface area contributed by atoms with E-state index in [9.17, 15) is 4.55 Å². The molecule has 11 heteroatoms. The molecular weight excluding hydrogens is 645 g/mol. The largest absolute Gasteiger partial charge is 0.384 e. The molecule has 2 aliphatic heterocycles. The van der Waals surface area contributed by atoms with Gasteiger partial charge in [0.2, 0.25) is 5.95 Å². The second-order valence-corrected chi connectivity index (χ2v) is 16.7. The molecule has 0 saturated carbocycles. The van der Waals surface area contributed by atoms with Crippen molar-refractivity contribution in [3.8, 4) is 0 Å². The zero-order valence-electron chi connectivity index (χ0n) is 34.1. The first-order valence-electron chi connectivity index (χ1n) is 18.0. The third-order valence-corrected chi connectivity index (χ3v) is 8.31. The minimum Gasteiger partial charge on any atom is -0.384 e. The summed E-state index contributed by atoms with van der Waals surface area (Å²) in [6, 6.07) is 5.90. The molecule has 0 aliphatic carbocycles. The Morgan fingerprint density at radius 1 is 1.10 bits per heavy atom. The van der Waals surface area contributed by atoms with Crippen LogP contribution in [0.15, 0.2) is 60.5 Å². The monoisotopic (exact) mass is 719 g/mol. The van der Waals surface area contributed by atoms with Crippen molar-refractivity contribution < 1.29 is 10.7 Å². The van der Waals surface area contributed by atoms with Crippen LogP contribution in [-0.4, -0.2) is 76.8 Å². The molecule has 10 nitrogen and oxygen atoms in total. The summed E-state index contributed by atoms with van der Waals surface area (Å²) in [6.07, 6.45) is 18.3. The fourth-order valence-corrected chi connectivity index (χ4v) is 6.53. The number of nitrogens with zero attached hydrogens (tertiary/aromatic N) is 5. The molecule has 288 valence electrons. The van der Waals surface area contributed by atoms with Crippen LogP contribution in [0.4, 0.5) is 23.4 Å². The number of hydrogen-bond acceptors (Lipinski definition) is 10. The first kappa shape index (κ1) is 47.0. The maximum Gasteiger partial charge on any atom is 0.229 e. The van der Waals surface area contributed by atoms with E-state index in [0.29, 0.717) is 24.3 Å². The highest BCUT2D eigenvalue weighted by atomic mass is 32.3. The number of methoxy groups -OCH3 is 1. The van der Waals surface area contributed by atoms with E-state index >= 15 is 0 Å². The Hall–Kier alpha value is -2.96. The van der Waals surface area contributed by atoms with Gasteiger partial charge in [0.1, 0.15) is 17.5 Å². The Kier molecular flexibility index (Phi) is 20.8. The summed E-state index contributed by atoms with van der Waals surface area (Å²) in [5.41, 5.74) is 1.66. The number of likely N-dealkylation sites (N-methyl/N-ethyl adjacent to an activating group) is 1. The molecule has 4 heterocycles. The predicted octanol–water partition coefficient (Wildman–Crippen LogP) is 10.5. The maximum atomic E-state index is 10.5. The van der Waals surface area contributed by atoms with Gasteiger partial charge in [0.25, 0.3) is 0 Å². The van der Waals surface area contributed by atoms with Crippen molar-refractivity contribution in [2.75, 3.05) is 61.3 Å². The number of pyridine rings is 1. The summed E-state index contributed by atoms with van der Waals surface area (Å²) in [6.45, 7) is 25.8. The molecule has 2 aliphatic rings. The molecule has 2 aromatic rings. The predicted molar refractivity (Wildman–Crippen MR) is 224 cm³/mol. The van der Waals surface area contributed by atoms with Crippen LogP contribution in [0.1, 0.15) is 96.0 Å². The third kappa shape index (κ3) is 14.0. The summed E-state index contributed by atoms with van der Waals surface area (Å²) in [4.78, 5) is 19.4. The number of nitrogens with one attached hydrogen (secondary N) is 2. The highest BCUT2D eigenvalue weighted by Crippen LogP contribution is 2.50. The van der Waals surface area contributed by atoms with Gasteiger partial charge in [-0.05, 0) is 49.1 Å². The summed E-state index contributed by atoms with van der Waals surface area (Å²) >= 11 is 0. The van der Waals surface area contributed by atoms with Gasteiger partial charge in [-0.3, -0.25) is 0 Å². The number of fused-ring (bicyclic) bond motifs is 1. The lowest BCUT2D eigenvalue weighted by Crippen LogP contribution is -2.45. The van der Waals surface area contributed by atoms with Gasteiger partial charge in [-0.1, -0.05) is 117 Å². The smallest absolute Gasteiger partial charge is 0.229 e. The Morgan fingerprint density at radius 3 is 2.32 bits per heavy atom. The van der Waals surface area contributed by atoms with Crippen molar-refractivity contribution in [3.63, 3.8) is 0 Å². The van der Waals surface area contributed by atoms with E-state index in [1.165, 1.54) is 6.42 Å². The topological polar surface area (TPSA) is 134 Å². The zero-order valence-corrected chi connectivity index (χ0v) is 34.9. The third-order valence-electron chi connectivity index (χ3n) is 7.60. The van der Waals surface area contributed by atoms with Crippen LogP contribution in [0.25, 0.3) is 0 Å². The summed E-state index contributed by atoms with van der Waals surface area (Å²) < 4.78 is 19.4. The van der Waals surface area contributed by atoms with Gasteiger partial charge in [-0.2, -0.15) is 4.98 Å². The summed E-state index contributed by atoms with van der Waals surface area (Å²) in [5.74, 6) is 3.17. The van der Waals surface area contributed by atoms with Crippen molar-refractivity contribution in [3.05, 3.63) is 66.0 Å². The average Bonchev–Trinajstić information content (AvgIpc) is 3.24.